The lowest BCUT2D eigenvalue weighted by molar-refractivity contribution is -0.137. The van der Waals surface area contributed by atoms with Crippen molar-refractivity contribution in [3.8, 4) is 6.07 Å². The van der Waals surface area contributed by atoms with Gasteiger partial charge in [0.15, 0.2) is 11.5 Å². The van der Waals surface area contributed by atoms with Gasteiger partial charge in [0.05, 0.1) is 5.56 Å². The van der Waals surface area contributed by atoms with Crippen LogP contribution in [0.5, 0.6) is 0 Å². The molecular weight excluding hydrogens is 385 g/mol. The van der Waals surface area contributed by atoms with Crippen molar-refractivity contribution in [1.29, 1.82) is 5.26 Å². The summed E-state index contributed by atoms with van der Waals surface area (Å²) < 4.78 is 38.2. The summed E-state index contributed by atoms with van der Waals surface area (Å²) in [6.07, 6.45) is 0.122. The van der Waals surface area contributed by atoms with Gasteiger partial charge in [0, 0.05) is 37.7 Å². The number of halogens is 3. The van der Waals surface area contributed by atoms with Crippen molar-refractivity contribution in [2.75, 3.05) is 29.9 Å². The Morgan fingerprint density at radius 3 is 2.66 bits per heavy atom. The Morgan fingerprint density at radius 2 is 1.97 bits per heavy atom. The minimum Gasteiger partial charge on any atom is -0.354 e. The van der Waals surface area contributed by atoms with Crippen LogP contribution in [0.1, 0.15) is 24.1 Å². The molecule has 0 unspecified atom stereocenters. The van der Waals surface area contributed by atoms with Gasteiger partial charge in [0.1, 0.15) is 6.07 Å². The van der Waals surface area contributed by atoms with E-state index in [0.717, 1.165) is 25.0 Å². The van der Waals surface area contributed by atoms with Crippen LogP contribution in [0.2, 0.25) is 0 Å². The molecule has 29 heavy (non-hydrogen) atoms. The van der Waals surface area contributed by atoms with Crippen LogP contribution in [-0.4, -0.2) is 35.6 Å². The average Bonchev–Trinajstić information content (AvgIpc) is 2.72. The standard InChI is InChI=1S/C19H19F3N6O/c20-19(21,22)14-2-1-3-15(10-14)27-18(29)26-12-13-4-8-28(9-5-13)17-16(11-23)24-6-7-25-17/h1-3,6-7,10,13H,4-5,8-9,12H2,(H2,26,27,29). The van der Waals surface area contributed by atoms with E-state index >= 15 is 0 Å². The highest BCUT2D eigenvalue weighted by Gasteiger charge is 2.30. The Balaban J connectivity index is 1.47. The highest BCUT2D eigenvalue weighted by atomic mass is 19.4. The number of hydrogen-bond donors (Lipinski definition) is 2. The number of benzene rings is 1. The van der Waals surface area contributed by atoms with Crippen LogP contribution < -0.4 is 15.5 Å². The maximum Gasteiger partial charge on any atom is 0.416 e. The summed E-state index contributed by atoms with van der Waals surface area (Å²) in [5.41, 5.74) is -0.452. The summed E-state index contributed by atoms with van der Waals surface area (Å²) in [5.74, 6) is 0.782. The lowest BCUT2D eigenvalue weighted by Crippen LogP contribution is -2.40. The molecule has 0 bridgehead atoms. The van der Waals surface area contributed by atoms with Gasteiger partial charge in [-0.15, -0.1) is 0 Å². The first-order chi connectivity index (χ1) is 13.9. The molecule has 0 atom stereocenters. The molecule has 1 aliphatic rings. The number of amides is 2. The molecule has 1 fully saturated rings. The molecule has 1 aromatic carbocycles. The van der Waals surface area contributed by atoms with Crippen LogP contribution in [0, 0.1) is 17.2 Å². The van der Waals surface area contributed by atoms with Crippen molar-refractivity contribution in [1.82, 2.24) is 15.3 Å². The molecule has 1 saturated heterocycles. The monoisotopic (exact) mass is 404 g/mol. The summed E-state index contributed by atoms with van der Waals surface area (Å²) in [5, 5.41) is 14.3. The van der Waals surface area contributed by atoms with E-state index in [9.17, 15) is 18.0 Å². The van der Waals surface area contributed by atoms with Crippen molar-refractivity contribution in [2.24, 2.45) is 5.92 Å². The predicted molar refractivity (Wildman–Crippen MR) is 100 cm³/mol. The second-order valence-electron chi connectivity index (χ2n) is 6.68. The van der Waals surface area contributed by atoms with Crippen LogP contribution >= 0.6 is 0 Å². The Labute approximate surface area is 165 Å². The summed E-state index contributed by atoms with van der Waals surface area (Å²) in [7, 11) is 0. The molecule has 1 aliphatic heterocycles. The Kier molecular flexibility index (Phi) is 6.16. The van der Waals surface area contributed by atoms with E-state index in [4.69, 9.17) is 5.26 Å². The summed E-state index contributed by atoms with van der Waals surface area (Å²) in [6, 6.07) is 5.98. The number of alkyl halides is 3. The van der Waals surface area contributed by atoms with Gasteiger partial charge in [-0.1, -0.05) is 6.07 Å². The average molecular weight is 404 g/mol. The third-order valence-electron chi connectivity index (χ3n) is 4.70. The topological polar surface area (TPSA) is 93.9 Å². The fraction of sp³-hybridized carbons (Fsp3) is 0.368. The van der Waals surface area contributed by atoms with E-state index < -0.39 is 17.8 Å². The van der Waals surface area contributed by atoms with Crippen molar-refractivity contribution in [2.45, 2.75) is 19.0 Å². The third kappa shape index (κ3) is 5.34. The molecule has 1 aromatic heterocycles. The lowest BCUT2D eigenvalue weighted by atomic mass is 9.97. The van der Waals surface area contributed by atoms with E-state index in [1.54, 1.807) is 6.20 Å². The van der Waals surface area contributed by atoms with Crippen LogP contribution in [0.4, 0.5) is 29.5 Å². The zero-order valence-electron chi connectivity index (χ0n) is 15.4. The van der Waals surface area contributed by atoms with E-state index in [2.05, 4.69) is 20.6 Å². The van der Waals surface area contributed by atoms with Gasteiger partial charge in [-0.3, -0.25) is 0 Å². The van der Waals surface area contributed by atoms with Gasteiger partial charge in [0.2, 0.25) is 0 Å². The number of hydrogen-bond acceptors (Lipinski definition) is 5. The largest absolute Gasteiger partial charge is 0.416 e. The minimum absolute atomic E-state index is 0.0822. The number of aromatic nitrogens is 2. The molecule has 0 saturated carbocycles. The van der Waals surface area contributed by atoms with E-state index in [0.29, 0.717) is 25.5 Å². The van der Waals surface area contributed by atoms with Crippen molar-refractivity contribution < 1.29 is 18.0 Å². The zero-order valence-corrected chi connectivity index (χ0v) is 15.4. The summed E-state index contributed by atoms with van der Waals surface area (Å²) in [6.45, 7) is 1.76. The summed E-state index contributed by atoms with van der Waals surface area (Å²) >= 11 is 0. The Morgan fingerprint density at radius 1 is 1.24 bits per heavy atom. The van der Waals surface area contributed by atoms with Crippen LogP contribution in [0.3, 0.4) is 0 Å². The number of urea groups is 1. The highest BCUT2D eigenvalue weighted by Crippen LogP contribution is 2.30. The number of piperidine rings is 1. The molecular formula is C19H19F3N6O. The zero-order chi connectivity index (χ0) is 20.9. The van der Waals surface area contributed by atoms with Crippen molar-refractivity contribution in [3.63, 3.8) is 0 Å². The third-order valence-corrected chi connectivity index (χ3v) is 4.70. The molecule has 0 radical (unpaired) electrons. The van der Waals surface area contributed by atoms with E-state index in [1.165, 1.54) is 18.3 Å². The first kappa shape index (κ1) is 20.4. The van der Waals surface area contributed by atoms with Crippen molar-refractivity contribution in [3.05, 3.63) is 47.9 Å². The Hall–Kier alpha value is -3.35. The second kappa shape index (κ2) is 8.77. The molecule has 0 spiro atoms. The number of anilines is 2. The number of carbonyl (C=O) groups is 1. The molecule has 2 heterocycles. The van der Waals surface area contributed by atoms with Crippen molar-refractivity contribution >= 4 is 17.5 Å². The maximum atomic E-state index is 12.7. The molecule has 3 rings (SSSR count). The van der Waals surface area contributed by atoms with Gasteiger partial charge in [-0.25, -0.2) is 14.8 Å². The van der Waals surface area contributed by atoms with E-state index in [1.807, 2.05) is 11.0 Å². The molecule has 2 aromatic rings. The van der Waals surface area contributed by atoms with Crippen LogP contribution in [0.25, 0.3) is 0 Å². The quantitative estimate of drug-likeness (QED) is 0.815. The van der Waals surface area contributed by atoms with Gasteiger partial charge in [-0.05, 0) is 37.0 Å². The van der Waals surface area contributed by atoms with Gasteiger partial charge in [-0.2, -0.15) is 18.4 Å². The van der Waals surface area contributed by atoms with Crippen LogP contribution in [0.15, 0.2) is 36.7 Å². The summed E-state index contributed by atoms with van der Waals surface area (Å²) in [4.78, 5) is 22.2. The molecule has 10 heteroatoms. The minimum atomic E-state index is -4.46. The van der Waals surface area contributed by atoms with Gasteiger partial charge < -0.3 is 15.5 Å². The molecule has 0 aliphatic carbocycles. The molecule has 2 amide bonds. The second-order valence-corrected chi connectivity index (χ2v) is 6.68. The number of carbonyl (C=O) groups excluding carboxylic acids is 1. The first-order valence-electron chi connectivity index (χ1n) is 9.05. The number of nitriles is 1. The first-order valence-corrected chi connectivity index (χ1v) is 9.05. The molecule has 2 N–H and O–H groups in total. The molecule has 7 nitrogen and oxygen atoms in total. The van der Waals surface area contributed by atoms with E-state index in [-0.39, 0.29) is 17.3 Å². The number of nitrogens with one attached hydrogen (secondary N) is 2. The lowest BCUT2D eigenvalue weighted by Gasteiger charge is -2.32. The maximum absolute atomic E-state index is 12.7. The predicted octanol–water partition coefficient (Wildman–Crippen LogP) is 3.41. The number of nitrogens with zero attached hydrogens (tertiary/aromatic N) is 4. The highest BCUT2D eigenvalue weighted by molar-refractivity contribution is 5.89. The van der Waals surface area contributed by atoms with Gasteiger partial charge in [0.25, 0.3) is 0 Å². The Bertz CT molecular complexity index is 903. The fourth-order valence-corrected chi connectivity index (χ4v) is 3.18. The van der Waals surface area contributed by atoms with Gasteiger partial charge >= 0.3 is 12.2 Å². The number of rotatable bonds is 4. The fourth-order valence-electron chi connectivity index (χ4n) is 3.18. The smallest absolute Gasteiger partial charge is 0.354 e. The molecule has 152 valence electrons. The van der Waals surface area contributed by atoms with Crippen LogP contribution in [-0.2, 0) is 6.18 Å². The normalized spacial score (nSPS) is 14.9. The SMILES string of the molecule is N#Cc1nccnc1N1CCC(CNC(=O)Nc2cccc(C(F)(F)F)c2)CC1.